The number of hydrogen-bond acceptors (Lipinski definition) is 4. The molecule has 0 amide bonds. The number of rotatable bonds is 6. The molecule has 4 aromatic rings. The number of esters is 1. The summed E-state index contributed by atoms with van der Waals surface area (Å²) in [6.07, 6.45) is 0.133. The Hall–Kier alpha value is -3.81. The molecule has 0 aliphatic carbocycles. The lowest BCUT2D eigenvalue weighted by molar-refractivity contribution is -0.141. The van der Waals surface area contributed by atoms with Gasteiger partial charge in [0.1, 0.15) is 11.4 Å². The normalized spacial score (nSPS) is 15.1. The third-order valence-corrected chi connectivity index (χ3v) is 6.78. The highest BCUT2D eigenvalue weighted by atomic mass is 19.4. The first-order valence-electron chi connectivity index (χ1n) is 11.7. The van der Waals surface area contributed by atoms with E-state index in [1.54, 1.807) is 18.3 Å². The van der Waals surface area contributed by atoms with E-state index in [0.29, 0.717) is 13.0 Å². The molecule has 0 fully saturated rings. The quantitative estimate of drug-likeness (QED) is 0.302. The molecule has 0 unspecified atom stereocenters. The number of pyridine rings is 1. The van der Waals surface area contributed by atoms with Crippen LogP contribution in [0.1, 0.15) is 40.3 Å². The number of alkyl halides is 3. The molecule has 5 rings (SSSR count). The van der Waals surface area contributed by atoms with E-state index in [2.05, 4.69) is 17.1 Å². The van der Waals surface area contributed by atoms with Crippen LogP contribution in [0.3, 0.4) is 0 Å². The van der Waals surface area contributed by atoms with Crippen LogP contribution >= 0.6 is 0 Å². The third kappa shape index (κ3) is 4.67. The second kappa shape index (κ2) is 9.33. The Morgan fingerprint density at radius 2 is 1.97 bits per heavy atom. The first kappa shape index (κ1) is 23.9. The van der Waals surface area contributed by atoms with Crippen LogP contribution in [0.15, 0.2) is 60.9 Å². The van der Waals surface area contributed by atoms with Crippen molar-refractivity contribution in [3.63, 3.8) is 0 Å². The van der Waals surface area contributed by atoms with E-state index >= 15 is 0 Å². The predicted molar refractivity (Wildman–Crippen MR) is 129 cm³/mol. The summed E-state index contributed by atoms with van der Waals surface area (Å²) < 4.78 is 51.2. The van der Waals surface area contributed by atoms with E-state index in [1.807, 2.05) is 31.2 Å². The fraction of sp³-hybridized carbons (Fsp3) is 0.286. The zero-order chi connectivity index (χ0) is 25.4. The lowest BCUT2D eigenvalue weighted by atomic mass is 9.92. The van der Waals surface area contributed by atoms with Crippen LogP contribution in [0, 0.1) is 6.92 Å². The standard InChI is InChI=1S/C28H25F3N2O3/c1-17-19(8-6-18-7-10-23-21(13-27(34)35-2)16-36-24(23)12-18)4-3-5-22(17)20-9-11-26-32-25(28(29,30)31)15-33(26)14-20/h3-5,7,9-12,14-15,21H,6,8,13,16H2,1-2H3/t21-/m1/s1. The van der Waals surface area contributed by atoms with Gasteiger partial charge in [0.15, 0.2) is 5.69 Å². The summed E-state index contributed by atoms with van der Waals surface area (Å²) in [7, 11) is 1.39. The molecule has 0 bridgehead atoms. The number of imidazole rings is 1. The van der Waals surface area contributed by atoms with Crippen LogP contribution in [0.4, 0.5) is 13.2 Å². The number of fused-ring (bicyclic) bond motifs is 2. The summed E-state index contributed by atoms with van der Waals surface area (Å²) in [5, 5.41) is 0. The Morgan fingerprint density at radius 3 is 2.75 bits per heavy atom. The van der Waals surface area contributed by atoms with Crippen LogP contribution in [0.5, 0.6) is 5.75 Å². The zero-order valence-corrected chi connectivity index (χ0v) is 19.9. The van der Waals surface area contributed by atoms with E-state index in [4.69, 9.17) is 9.47 Å². The van der Waals surface area contributed by atoms with Crippen LogP contribution in [-0.4, -0.2) is 29.1 Å². The summed E-state index contributed by atoms with van der Waals surface area (Å²) in [4.78, 5) is 15.3. The number of carbonyl (C=O) groups excluding carboxylic acids is 1. The molecule has 8 heteroatoms. The van der Waals surface area contributed by atoms with E-state index in [1.165, 1.54) is 17.1 Å². The molecule has 0 N–H and O–H groups in total. The van der Waals surface area contributed by atoms with Crippen LogP contribution in [-0.2, 0) is 28.5 Å². The van der Waals surface area contributed by atoms with Crippen LogP contribution in [0.2, 0.25) is 0 Å². The Bertz CT molecular complexity index is 1440. The SMILES string of the molecule is COC(=O)C[C@@H]1COc2cc(CCc3cccc(-c4ccc5nc(C(F)(F)F)cn5c4)c3C)ccc21. The van der Waals surface area contributed by atoms with Gasteiger partial charge in [-0.25, -0.2) is 4.98 Å². The fourth-order valence-corrected chi connectivity index (χ4v) is 4.76. The molecule has 0 saturated heterocycles. The summed E-state index contributed by atoms with van der Waals surface area (Å²) in [6, 6.07) is 15.6. The molecule has 36 heavy (non-hydrogen) atoms. The molecule has 0 saturated carbocycles. The Labute approximate surface area is 206 Å². The minimum atomic E-state index is -4.48. The smallest absolute Gasteiger partial charge is 0.434 e. The number of benzene rings is 2. The van der Waals surface area contributed by atoms with Gasteiger partial charge in [0.2, 0.25) is 0 Å². The van der Waals surface area contributed by atoms with E-state index in [9.17, 15) is 18.0 Å². The van der Waals surface area contributed by atoms with Gasteiger partial charge in [0.05, 0.1) is 20.1 Å². The van der Waals surface area contributed by atoms with Gasteiger partial charge in [0.25, 0.3) is 0 Å². The highest BCUT2D eigenvalue weighted by Gasteiger charge is 2.34. The van der Waals surface area contributed by atoms with Crippen molar-refractivity contribution in [2.75, 3.05) is 13.7 Å². The second-order valence-corrected chi connectivity index (χ2v) is 9.06. The molecule has 1 atom stereocenters. The summed E-state index contributed by atoms with van der Waals surface area (Å²) in [5.74, 6) is 0.586. The Balaban J connectivity index is 1.33. The molecule has 0 radical (unpaired) electrons. The Morgan fingerprint density at radius 1 is 1.14 bits per heavy atom. The number of ether oxygens (including phenoxy) is 2. The summed E-state index contributed by atoms with van der Waals surface area (Å²) in [5.41, 5.74) is 5.58. The van der Waals surface area contributed by atoms with Gasteiger partial charge in [-0.2, -0.15) is 13.2 Å². The van der Waals surface area contributed by atoms with Crippen LogP contribution < -0.4 is 4.74 Å². The van der Waals surface area contributed by atoms with Gasteiger partial charge in [-0.3, -0.25) is 4.79 Å². The van der Waals surface area contributed by atoms with E-state index < -0.39 is 11.9 Å². The van der Waals surface area contributed by atoms with Crippen molar-refractivity contribution in [3.8, 4) is 16.9 Å². The third-order valence-electron chi connectivity index (χ3n) is 6.78. The number of hydrogen-bond donors (Lipinski definition) is 0. The molecule has 1 aliphatic rings. The fourth-order valence-electron chi connectivity index (χ4n) is 4.76. The lowest BCUT2D eigenvalue weighted by Gasteiger charge is -2.13. The van der Waals surface area contributed by atoms with Crippen molar-refractivity contribution >= 4 is 11.6 Å². The van der Waals surface area contributed by atoms with Crippen molar-refractivity contribution in [2.45, 2.75) is 38.3 Å². The molecular weight excluding hydrogens is 469 g/mol. The Kier molecular flexibility index (Phi) is 6.20. The zero-order valence-electron chi connectivity index (χ0n) is 19.9. The first-order valence-corrected chi connectivity index (χ1v) is 11.7. The second-order valence-electron chi connectivity index (χ2n) is 9.06. The number of carbonyl (C=O) groups is 1. The van der Waals surface area contributed by atoms with E-state index in [-0.39, 0.29) is 17.5 Å². The van der Waals surface area contributed by atoms with Crippen molar-refractivity contribution in [1.82, 2.24) is 9.38 Å². The van der Waals surface area contributed by atoms with Crippen LogP contribution in [0.25, 0.3) is 16.8 Å². The molecule has 2 aromatic carbocycles. The number of nitrogens with zero attached hydrogens (tertiary/aromatic N) is 2. The van der Waals surface area contributed by atoms with Gasteiger partial charge >= 0.3 is 12.1 Å². The van der Waals surface area contributed by atoms with Gasteiger partial charge in [0, 0.05) is 23.9 Å². The van der Waals surface area contributed by atoms with Crippen molar-refractivity contribution in [2.24, 2.45) is 0 Å². The van der Waals surface area contributed by atoms with Gasteiger partial charge in [-0.05, 0) is 65.8 Å². The average molecular weight is 495 g/mol. The minimum Gasteiger partial charge on any atom is -0.493 e. The monoisotopic (exact) mass is 494 g/mol. The molecule has 1 aliphatic heterocycles. The summed E-state index contributed by atoms with van der Waals surface area (Å²) in [6.45, 7) is 2.51. The summed E-state index contributed by atoms with van der Waals surface area (Å²) >= 11 is 0. The number of aryl methyl sites for hydroxylation is 2. The maximum atomic E-state index is 13.0. The van der Waals surface area contributed by atoms with Gasteiger partial charge in [-0.1, -0.05) is 30.3 Å². The molecule has 0 spiro atoms. The molecule has 5 nitrogen and oxygen atoms in total. The minimum absolute atomic E-state index is 0.0143. The number of methoxy groups -OCH3 is 1. The van der Waals surface area contributed by atoms with Crippen molar-refractivity contribution in [1.29, 1.82) is 0 Å². The highest BCUT2D eigenvalue weighted by Crippen LogP contribution is 2.37. The van der Waals surface area contributed by atoms with Crippen molar-refractivity contribution in [3.05, 3.63) is 88.9 Å². The average Bonchev–Trinajstić information content (AvgIpc) is 3.47. The van der Waals surface area contributed by atoms with Crippen molar-refractivity contribution < 1.29 is 27.4 Å². The highest BCUT2D eigenvalue weighted by molar-refractivity contribution is 5.71. The van der Waals surface area contributed by atoms with Gasteiger partial charge < -0.3 is 13.9 Å². The predicted octanol–water partition coefficient (Wildman–Crippen LogP) is 6.15. The van der Waals surface area contributed by atoms with E-state index in [0.717, 1.165) is 52.6 Å². The molecule has 2 aromatic heterocycles. The molecular formula is C28H25F3N2O3. The number of halogens is 3. The first-order chi connectivity index (χ1) is 17.2. The topological polar surface area (TPSA) is 52.8 Å². The van der Waals surface area contributed by atoms with Gasteiger partial charge in [-0.15, -0.1) is 0 Å². The maximum Gasteiger partial charge on any atom is 0.434 e. The lowest BCUT2D eigenvalue weighted by Crippen LogP contribution is -2.09. The largest absolute Gasteiger partial charge is 0.493 e. The molecule has 186 valence electrons. The molecule has 3 heterocycles. The maximum absolute atomic E-state index is 13.0. The number of aromatic nitrogens is 2.